The first-order chi connectivity index (χ1) is 9.16. The van der Waals surface area contributed by atoms with Gasteiger partial charge in [0.25, 0.3) is 0 Å². The molecule has 0 unspecified atom stereocenters. The molecule has 2 aromatic heterocycles. The lowest BCUT2D eigenvalue weighted by Crippen LogP contribution is -2.02. The van der Waals surface area contributed by atoms with Gasteiger partial charge in [0.05, 0.1) is 5.56 Å². The quantitative estimate of drug-likeness (QED) is 0.761. The van der Waals surface area contributed by atoms with Gasteiger partial charge in [-0.1, -0.05) is 30.3 Å². The van der Waals surface area contributed by atoms with Crippen LogP contribution in [0.4, 0.5) is 0 Å². The van der Waals surface area contributed by atoms with Gasteiger partial charge in [-0.25, -0.2) is 14.3 Å². The molecule has 19 heavy (non-hydrogen) atoms. The Morgan fingerprint density at radius 2 is 1.95 bits per heavy atom. The number of carbonyl (C=O) groups is 1. The summed E-state index contributed by atoms with van der Waals surface area (Å²) in [6, 6.07) is 11.1. The summed E-state index contributed by atoms with van der Waals surface area (Å²) in [5.41, 5.74) is 2.34. The molecule has 1 N–H and O–H groups in total. The third-order valence-corrected chi connectivity index (χ3v) is 3.02. The fourth-order valence-electron chi connectivity index (χ4n) is 2.01. The highest BCUT2D eigenvalue weighted by Crippen LogP contribution is 2.19. The van der Waals surface area contributed by atoms with Crippen molar-refractivity contribution >= 4 is 11.6 Å². The Bertz CT molecular complexity index is 763. The van der Waals surface area contributed by atoms with E-state index in [0.717, 1.165) is 5.56 Å². The monoisotopic (exact) mass is 253 g/mol. The van der Waals surface area contributed by atoms with E-state index in [1.807, 2.05) is 30.3 Å². The first-order valence-electron chi connectivity index (χ1n) is 5.81. The normalized spacial score (nSPS) is 10.8. The lowest BCUT2D eigenvalue weighted by molar-refractivity contribution is 0.0696. The Balaban J connectivity index is 2.22. The Labute approximate surface area is 109 Å². The largest absolute Gasteiger partial charge is 0.478 e. The van der Waals surface area contributed by atoms with Crippen molar-refractivity contribution in [3.8, 4) is 11.4 Å². The van der Waals surface area contributed by atoms with Crippen LogP contribution in [0.1, 0.15) is 15.9 Å². The van der Waals surface area contributed by atoms with E-state index >= 15 is 0 Å². The van der Waals surface area contributed by atoms with Gasteiger partial charge in [-0.05, 0) is 13.0 Å². The average Bonchev–Trinajstić information content (AvgIpc) is 2.85. The highest BCUT2D eigenvalue weighted by atomic mass is 16.4. The van der Waals surface area contributed by atoms with Crippen LogP contribution in [-0.4, -0.2) is 25.7 Å². The highest BCUT2D eigenvalue weighted by Gasteiger charge is 2.14. The van der Waals surface area contributed by atoms with Crippen LogP contribution in [0, 0.1) is 6.92 Å². The van der Waals surface area contributed by atoms with Crippen LogP contribution < -0.4 is 0 Å². The number of pyridine rings is 1. The molecule has 0 atom stereocenters. The summed E-state index contributed by atoms with van der Waals surface area (Å²) in [6.45, 7) is 1.74. The zero-order valence-corrected chi connectivity index (χ0v) is 10.2. The maximum Gasteiger partial charge on any atom is 0.336 e. The molecule has 3 aromatic rings. The molecule has 94 valence electrons. The highest BCUT2D eigenvalue weighted by molar-refractivity contribution is 5.91. The van der Waals surface area contributed by atoms with Crippen LogP contribution in [0.3, 0.4) is 0 Å². The van der Waals surface area contributed by atoms with Crippen molar-refractivity contribution in [1.29, 1.82) is 0 Å². The van der Waals surface area contributed by atoms with Crippen molar-refractivity contribution in [2.45, 2.75) is 6.92 Å². The maximum absolute atomic E-state index is 11.1. The Kier molecular flexibility index (Phi) is 2.52. The first kappa shape index (κ1) is 11.4. The van der Waals surface area contributed by atoms with Gasteiger partial charge in [0.1, 0.15) is 0 Å². The van der Waals surface area contributed by atoms with Gasteiger partial charge in [0, 0.05) is 17.3 Å². The van der Waals surface area contributed by atoms with Gasteiger partial charge in [0.15, 0.2) is 11.5 Å². The Hall–Kier alpha value is -2.69. The van der Waals surface area contributed by atoms with Crippen molar-refractivity contribution in [1.82, 2.24) is 14.6 Å². The van der Waals surface area contributed by atoms with E-state index in [1.54, 1.807) is 17.6 Å². The van der Waals surface area contributed by atoms with Gasteiger partial charge < -0.3 is 5.11 Å². The number of aromatic carboxylic acids is 1. The van der Waals surface area contributed by atoms with Gasteiger partial charge in [-0.3, -0.25) is 0 Å². The molecule has 1 aromatic carbocycles. The second-order valence-electron chi connectivity index (χ2n) is 4.23. The topological polar surface area (TPSA) is 67.5 Å². The van der Waals surface area contributed by atoms with Crippen molar-refractivity contribution in [3.63, 3.8) is 0 Å². The number of hydrogen-bond donors (Lipinski definition) is 1. The molecule has 0 amide bonds. The van der Waals surface area contributed by atoms with Crippen molar-refractivity contribution in [2.75, 3.05) is 0 Å². The molecular formula is C14H11N3O2. The lowest BCUT2D eigenvalue weighted by Gasteiger charge is -2.00. The number of hydrogen-bond acceptors (Lipinski definition) is 3. The predicted octanol–water partition coefficient (Wildman–Crippen LogP) is 2.40. The zero-order chi connectivity index (χ0) is 13.4. The summed E-state index contributed by atoms with van der Waals surface area (Å²) in [5.74, 6) is -0.365. The number of carboxylic acid groups (broad SMARTS) is 1. The lowest BCUT2D eigenvalue weighted by atomic mass is 10.1. The molecule has 0 radical (unpaired) electrons. The first-order valence-corrected chi connectivity index (χ1v) is 5.81. The van der Waals surface area contributed by atoms with Crippen molar-refractivity contribution < 1.29 is 9.90 Å². The van der Waals surface area contributed by atoms with Gasteiger partial charge >= 0.3 is 5.97 Å². The van der Waals surface area contributed by atoms with E-state index in [2.05, 4.69) is 10.1 Å². The molecule has 2 heterocycles. The van der Waals surface area contributed by atoms with E-state index in [-0.39, 0.29) is 5.56 Å². The molecule has 5 heteroatoms. The third-order valence-electron chi connectivity index (χ3n) is 3.02. The molecule has 5 nitrogen and oxygen atoms in total. The average molecular weight is 253 g/mol. The molecule has 0 saturated carbocycles. The van der Waals surface area contributed by atoms with E-state index in [9.17, 15) is 4.79 Å². The summed E-state index contributed by atoms with van der Waals surface area (Å²) < 4.78 is 1.60. The van der Waals surface area contributed by atoms with Gasteiger partial charge in [0.2, 0.25) is 0 Å². The number of rotatable bonds is 2. The molecule has 0 aliphatic rings. The molecular weight excluding hydrogens is 242 g/mol. The van der Waals surface area contributed by atoms with E-state index in [4.69, 9.17) is 5.11 Å². The number of carboxylic acids is 1. The van der Waals surface area contributed by atoms with E-state index in [0.29, 0.717) is 17.0 Å². The van der Waals surface area contributed by atoms with Gasteiger partial charge in [-0.2, -0.15) is 0 Å². The summed E-state index contributed by atoms with van der Waals surface area (Å²) in [4.78, 5) is 15.5. The molecule has 0 aliphatic carbocycles. The number of aromatic nitrogens is 3. The van der Waals surface area contributed by atoms with E-state index in [1.165, 1.54) is 6.07 Å². The minimum atomic E-state index is -0.954. The smallest absolute Gasteiger partial charge is 0.336 e. The summed E-state index contributed by atoms with van der Waals surface area (Å²) in [6.07, 6.45) is 1.62. The summed E-state index contributed by atoms with van der Waals surface area (Å²) in [5, 5.41) is 13.4. The maximum atomic E-state index is 11.1. The Morgan fingerprint density at radius 1 is 1.21 bits per heavy atom. The van der Waals surface area contributed by atoms with Crippen LogP contribution in [0.2, 0.25) is 0 Å². The van der Waals surface area contributed by atoms with Gasteiger partial charge in [-0.15, -0.1) is 5.10 Å². The molecule has 0 saturated heterocycles. The Morgan fingerprint density at radius 3 is 2.63 bits per heavy atom. The molecule has 0 fully saturated rings. The predicted molar refractivity (Wildman–Crippen MR) is 70.1 cm³/mol. The van der Waals surface area contributed by atoms with E-state index < -0.39 is 5.97 Å². The number of nitrogens with zero attached hydrogens (tertiary/aromatic N) is 3. The second kappa shape index (κ2) is 4.20. The number of fused-ring (bicyclic) bond motifs is 1. The van der Waals surface area contributed by atoms with Crippen molar-refractivity contribution in [3.05, 3.63) is 53.7 Å². The molecule has 0 aliphatic heterocycles. The van der Waals surface area contributed by atoms with Crippen molar-refractivity contribution in [2.24, 2.45) is 0 Å². The summed E-state index contributed by atoms with van der Waals surface area (Å²) >= 11 is 0. The fraction of sp³-hybridized carbons (Fsp3) is 0.0714. The SMILES string of the molecule is Cc1c(C(=O)O)ccn2nc(-c3ccccc3)nc12. The van der Waals surface area contributed by atoms with Crippen LogP contribution in [0.5, 0.6) is 0 Å². The van der Waals surface area contributed by atoms with Crippen LogP contribution >= 0.6 is 0 Å². The molecule has 0 bridgehead atoms. The molecule has 0 spiro atoms. The fourth-order valence-corrected chi connectivity index (χ4v) is 2.01. The third kappa shape index (κ3) is 1.85. The van der Waals surface area contributed by atoms with Crippen LogP contribution in [0.25, 0.3) is 17.0 Å². The summed E-state index contributed by atoms with van der Waals surface area (Å²) in [7, 11) is 0. The minimum Gasteiger partial charge on any atom is -0.478 e. The second-order valence-corrected chi connectivity index (χ2v) is 4.23. The van der Waals surface area contributed by atoms with Crippen LogP contribution in [-0.2, 0) is 0 Å². The van der Waals surface area contributed by atoms with Crippen LogP contribution in [0.15, 0.2) is 42.6 Å². The minimum absolute atomic E-state index is 0.250. The number of benzene rings is 1. The molecule has 3 rings (SSSR count). The standard InChI is InChI=1S/C14H11N3O2/c1-9-11(14(18)19)7-8-17-13(9)15-12(16-17)10-5-3-2-4-6-10/h2-8H,1H3,(H,18,19). The zero-order valence-electron chi connectivity index (χ0n) is 10.2. The number of aryl methyl sites for hydroxylation is 1.